The van der Waals surface area contributed by atoms with Gasteiger partial charge in [0.25, 0.3) is 11.6 Å². The van der Waals surface area contributed by atoms with E-state index >= 15 is 0 Å². The third-order valence-corrected chi connectivity index (χ3v) is 4.45. The third kappa shape index (κ3) is 6.27. The second-order valence-corrected chi connectivity index (χ2v) is 6.45. The highest BCUT2D eigenvalue weighted by Gasteiger charge is 2.16. The first-order chi connectivity index (χ1) is 13.9. The molecule has 0 aliphatic heterocycles. The van der Waals surface area contributed by atoms with Crippen LogP contribution >= 0.6 is 0 Å². The van der Waals surface area contributed by atoms with E-state index in [0.29, 0.717) is 12.0 Å². The Bertz CT molecular complexity index is 890. The van der Waals surface area contributed by atoms with Gasteiger partial charge in [-0.05, 0) is 43.0 Å². The van der Waals surface area contributed by atoms with Crippen molar-refractivity contribution in [1.29, 1.82) is 0 Å². The van der Waals surface area contributed by atoms with Crippen LogP contribution in [-0.2, 0) is 9.53 Å². The summed E-state index contributed by atoms with van der Waals surface area (Å²) in [6.07, 6.45) is 6.81. The second-order valence-electron chi connectivity index (χ2n) is 6.45. The molecule has 0 unspecified atom stereocenters. The van der Waals surface area contributed by atoms with Gasteiger partial charge in [-0.1, -0.05) is 30.4 Å². The Hall–Kier alpha value is -3.48. The normalized spacial score (nSPS) is 10.7. The average Bonchev–Trinajstić information content (AvgIpc) is 2.75. The average molecular weight is 396 g/mol. The number of hydrogen-bond acceptors (Lipinski definition) is 5. The quantitative estimate of drug-likeness (QED) is 0.267. The van der Waals surface area contributed by atoms with Crippen LogP contribution in [0.15, 0.2) is 54.6 Å². The fourth-order valence-electron chi connectivity index (χ4n) is 2.81. The van der Waals surface area contributed by atoms with Crippen LogP contribution in [-0.4, -0.2) is 31.0 Å². The lowest BCUT2D eigenvalue weighted by Gasteiger charge is -2.19. The van der Waals surface area contributed by atoms with Crippen molar-refractivity contribution in [2.75, 3.05) is 19.1 Å². The molecule has 0 heterocycles. The number of para-hydroxylation sites is 1. The van der Waals surface area contributed by atoms with Crippen molar-refractivity contribution < 1.29 is 19.2 Å². The van der Waals surface area contributed by atoms with Gasteiger partial charge in [0.15, 0.2) is 0 Å². The molecule has 0 bridgehead atoms. The first kappa shape index (κ1) is 21.8. The molecule has 29 heavy (non-hydrogen) atoms. The number of amides is 1. The number of carbonyl (C=O) groups excluding carboxylic acids is 2. The number of carbonyl (C=O) groups is 2. The Labute approximate surface area is 169 Å². The van der Waals surface area contributed by atoms with Crippen LogP contribution in [0.5, 0.6) is 0 Å². The van der Waals surface area contributed by atoms with Crippen molar-refractivity contribution in [3.63, 3.8) is 0 Å². The number of hydrogen-bond donors (Lipinski definition) is 0. The van der Waals surface area contributed by atoms with Crippen molar-refractivity contribution in [3.8, 4) is 0 Å². The predicted octanol–water partition coefficient (Wildman–Crippen LogP) is 4.62. The van der Waals surface area contributed by atoms with Gasteiger partial charge >= 0.3 is 5.97 Å². The van der Waals surface area contributed by atoms with Gasteiger partial charge in [0.2, 0.25) is 0 Å². The zero-order chi connectivity index (χ0) is 21.2. The highest BCUT2D eigenvalue weighted by atomic mass is 16.6. The minimum atomic E-state index is -0.497. The summed E-state index contributed by atoms with van der Waals surface area (Å²) < 4.78 is 4.62. The SMILES string of the molecule is COC(=O)CCCC/C=C/c1ccccc1N(C)C(=O)c1ccc([N+](=O)[O-])cc1. The van der Waals surface area contributed by atoms with Crippen molar-refractivity contribution in [1.82, 2.24) is 0 Å². The molecule has 0 aliphatic rings. The molecule has 2 aromatic rings. The summed E-state index contributed by atoms with van der Waals surface area (Å²) in [5.74, 6) is -0.454. The van der Waals surface area contributed by atoms with Gasteiger partial charge in [0, 0.05) is 31.2 Å². The lowest BCUT2D eigenvalue weighted by atomic mass is 10.1. The van der Waals surface area contributed by atoms with E-state index in [0.717, 1.165) is 30.5 Å². The van der Waals surface area contributed by atoms with Gasteiger partial charge in [0.1, 0.15) is 0 Å². The Morgan fingerprint density at radius 2 is 1.79 bits per heavy atom. The monoisotopic (exact) mass is 396 g/mol. The van der Waals surface area contributed by atoms with E-state index in [1.807, 2.05) is 36.4 Å². The number of nitrogens with zero attached hydrogens (tertiary/aromatic N) is 2. The number of esters is 1. The topological polar surface area (TPSA) is 89.8 Å². The van der Waals surface area contributed by atoms with Crippen LogP contribution in [0.25, 0.3) is 6.08 Å². The van der Waals surface area contributed by atoms with Crippen molar-refractivity contribution >= 4 is 29.3 Å². The van der Waals surface area contributed by atoms with Gasteiger partial charge in [0.05, 0.1) is 17.7 Å². The van der Waals surface area contributed by atoms with E-state index in [1.54, 1.807) is 7.05 Å². The number of benzene rings is 2. The van der Waals surface area contributed by atoms with Gasteiger partial charge in [-0.3, -0.25) is 19.7 Å². The summed E-state index contributed by atoms with van der Waals surface area (Å²) in [7, 11) is 3.06. The smallest absolute Gasteiger partial charge is 0.305 e. The van der Waals surface area contributed by atoms with E-state index < -0.39 is 4.92 Å². The Kier molecular flexibility index (Phi) is 8.09. The predicted molar refractivity (Wildman–Crippen MR) is 112 cm³/mol. The molecule has 0 saturated heterocycles. The van der Waals surface area contributed by atoms with E-state index in [9.17, 15) is 19.7 Å². The maximum absolute atomic E-state index is 12.8. The van der Waals surface area contributed by atoms with Crippen LogP contribution in [0, 0.1) is 10.1 Å². The number of methoxy groups -OCH3 is 1. The van der Waals surface area contributed by atoms with Gasteiger partial charge < -0.3 is 9.64 Å². The third-order valence-electron chi connectivity index (χ3n) is 4.45. The Balaban J connectivity index is 2.04. The minimum Gasteiger partial charge on any atom is -0.469 e. The molecule has 2 rings (SSSR count). The summed E-state index contributed by atoms with van der Waals surface area (Å²) in [6.45, 7) is 0. The summed E-state index contributed by atoms with van der Waals surface area (Å²) in [5.41, 5.74) is 1.94. The molecule has 0 aromatic heterocycles. The fourth-order valence-corrected chi connectivity index (χ4v) is 2.81. The fraction of sp³-hybridized carbons (Fsp3) is 0.273. The molecular formula is C22H24N2O5. The van der Waals surface area contributed by atoms with Crippen molar-refractivity contribution in [2.24, 2.45) is 0 Å². The maximum atomic E-state index is 12.8. The Morgan fingerprint density at radius 1 is 1.10 bits per heavy atom. The molecule has 7 nitrogen and oxygen atoms in total. The van der Waals surface area contributed by atoms with Crippen molar-refractivity contribution in [3.05, 3.63) is 75.8 Å². The molecule has 0 atom stereocenters. The number of nitro groups is 1. The number of ether oxygens (including phenoxy) is 1. The molecule has 7 heteroatoms. The summed E-state index contributed by atoms with van der Waals surface area (Å²) >= 11 is 0. The molecule has 0 spiro atoms. The zero-order valence-corrected chi connectivity index (χ0v) is 16.5. The van der Waals surface area contributed by atoms with Crippen LogP contribution < -0.4 is 4.90 Å². The van der Waals surface area contributed by atoms with Crippen molar-refractivity contribution in [2.45, 2.75) is 25.7 Å². The number of nitro benzene ring substituents is 1. The zero-order valence-electron chi connectivity index (χ0n) is 16.5. The van der Waals surface area contributed by atoms with E-state index in [-0.39, 0.29) is 17.6 Å². The van der Waals surface area contributed by atoms with E-state index in [4.69, 9.17) is 0 Å². The lowest BCUT2D eigenvalue weighted by molar-refractivity contribution is -0.384. The highest BCUT2D eigenvalue weighted by Crippen LogP contribution is 2.23. The molecule has 0 saturated carbocycles. The molecule has 0 aliphatic carbocycles. The lowest BCUT2D eigenvalue weighted by Crippen LogP contribution is -2.26. The second kappa shape index (κ2) is 10.8. The summed E-state index contributed by atoms with van der Waals surface area (Å²) in [5, 5.41) is 10.8. The largest absolute Gasteiger partial charge is 0.469 e. The molecule has 0 N–H and O–H groups in total. The Morgan fingerprint density at radius 3 is 2.45 bits per heavy atom. The summed E-state index contributed by atoms with van der Waals surface area (Å²) in [4.78, 5) is 35.7. The maximum Gasteiger partial charge on any atom is 0.305 e. The molecular weight excluding hydrogens is 372 g/mol. The van der Waals surface area contributed by atoms with Crippen LogP contribution in [0.1, 0.15) is 41.6 Å². The first-order valence-electron chi connectivity index (χ1n) is 9.29. The molecule has 152 valence electrons. The van der Waals surface area contributed by atoms with Crippen LogP contribution in [0.2, 0.25) is 0 Å². The molecule has 0 fully saturated rings. The van der Waals surface area contributed by atoms with Gasteiger partial charge in [-0.25, -0.2) is 0 Å². The number of non-ortho nitro benzene ring substituents is 1. The number of unbranched alkanes of at least 4 members (excludes halogenated alkanes) is 2. The van der Waals surface area contributed by atoms with Crippen LogP contribution in [0.4, 0.5) is 11.4 Å². The standard InChI is InChI=1S/C22H24N2O5/c1-23(22(26)18-13-15-19(16-14-18)24(27)28)20-11-8-7-10-17(20)9-5-3-4-6-12-21(25)29-2/h5,7-11,13-16H,3-4,6,12H2,1-2H3/b9-5+. The minimum absolute atomic E-state index is 0.0558. The number of rotatable bonds is 9. The molecule has 2 aromatic carbocycles. The highest BCUT2D eigenvalue weighted by molar-refractivity contribution is 6.06. The number of allylic oxidation sites excluding steroid dienone is 1. The molecule has 0 radical (unpaired) electrons. The van der Waals surface area contributed by atoms with Gasteiger partial charge in [-0.2, -0.15) is 0 Å². The molecule has 1 amide bonds. The van der Waals surface area contributed by atoms with Gasteiger partial charge in [-0.15, -0.1) is 0 Å². The summed E-state index contributed by atoms with van der Waals surface area (Å²) in [6, 6.07) is 13.1. The van der Waals surface area contributed by atoms with E-state index in [1.165, 1.54) is 36.3 Å². The first-order valence-corrected chi connectivity index (χ1v) is 9.29. The number of anilines is 1. The van der Waals surface area contributed by atoms with Crippen LogP contribution in [0.3, 0.4) is 0 Å². The van der Waals surface area contributed by atoms with E-state index in [2.05, 4.69) is 4.74 Å².